The maximum atomic E-state index is 10.5. The van der Waals surface area contributed by atoms with Gasteiger partial charge in [0.2, 0.25) is 0 Å². The van der Waals surface area contributed by atoms with E-state index in [4.69, 9.17) is 9.72 Å². The lowest BCUT2D eigenvalue weighted by Crippen LogP contribution is -2.33. The van der Waals surface area contributed by atoms with Gasteiger partial charge in [0.05, 0.1) is 24.8 Å². The molecule has 0 saturated carbocycles. The molecule has 1 aliphatic heterocycles. The highest BCUT2D eigenvalue weighted by atomic mass is 16.6. The van der Waals surface area contributed by atoms with Gasteiger partial charge in [-0.15, -0.1) is 0 Å². The van der Waals surface area contributed by atoms with E-state index in [-0.39, 0.29) is 0 Å². The number of H-pyrrole nitrogens is 1. The summed E-state index contributed by atoms with van der Waals surface area (Å²) in [6.45, 7) is 2.28. The summed E-state index contributed by atoms with van der Waals surface area (Å²) in [6, 6.07) is 5.58. The van der Waals surface area contributed by atoms with Crippen molar-refractivity contribution in [2.45, 2.75) is 37.9 Å². The normalized spacial score (nSPS) is 22.8. The Labute approximate surface area is 188 Å². The Morgan fingerprint density at radius 3 is 2.79 bits per heavy atom. The first-order valence-corrected chi connectivity index (χ1v) is 10.7. The highest BCUT2D eigenvalue weighted by Crippen LogP contribution is 2.34. The fraction of sp³-hybridized carbons (Fsp3) is 0.381. The van der Waals surface area contributed by atoms with E-state index in [0.717, 1.165) is 12.0 Å². The Hall–Kier alpha value is -3.45. The van der Waals surface area contributed by atoms with Crippen LogP contribution in [0.15, 0.2) is 36.9 Å². The van der Waals surface area contributed by atoms with Crippen LogP contribution >= 0.6 is 0 Å². The van der Waals surface area contributed by atoms with Gasteiger partial charge in [-0.3, -0.25) is 14.6 Å². The number of aromatic amines is 1. The Morgan fingerprint density at radius 1 is 1.18 bits per heavy atom. The van der Waals surface area contributed by atoms with Crippen molar-refractivity contribution in [3.63, 3.8) is 0 Å². The van der Waals surface area contributed by atoms with Crippen LogP contribution in [-0.4, -0.2) is 81.5 Å². The quantitative estimate of drug-likeness (QED) is 0.269. The van der Waals surface area contributed by atoms with Gasteiger partial charge in [0.15, 0.2) is 29.0 Å². The molecule has 4 atom stereocenters. The molecule has 4 aromatic rings. The van der Waals surface area contributed by atoms with E-state index in [9.17, 15) is 15.3 Å². The van der Waals surface area contributed by atoms with Crippen molar-refractivity contribution in [3.05, 3.63) is 36.9 Å². The topological polar surface area (TPSA) is 167 Å². The molecule has 1 fully saturated rings. The van der Waals surface area contributed by atoms with Gasteiger partial charge in [-0.25, -0.2) is 15.0 Å². The molecule has 0 spiro atoms. The minimum absolute atomic E-state index is 0.354. The lowest BCUT2D eigenvalue weighted by atomic mass is 10.1. The first-order valence-electron chi connectivity index (χ1n) is 10.7. The van der Waals surface area contributed by atoms with E-state index >= 15 is 0 Å². The van der Waals surface area contributed by atoms with Crippen molar-refractivity contribution >= 4 is 17.0 Å². The minimum Gasteiger partial charge on any atom is -0.394 e. The average Bonchev–Trinajstić information content (AvgIpc) is 3.56. The number of pyridine rings is 1. The molecule has 0 bridgehead atoms. The maximum Gasteiger partial charge on any atom is 0.182 e. The largest absolute Gasteiger partial charge is 0.394 e. The molecule has 12 heteroatoms. The van der Waals surface area contributed by atoms with Crippen LogP contribution in [-0.2, 0) is 4.74 Å². The fourth-order valence-electron chi connectivity index (χ4n) is 3.86. The van der Waals surface area contributed by atoms with E-state index in [1.165, 1.54) is 10.9 Å². The van der Waals surface area contributed by atoms with E-state index in [1.807, 2.05) is 25.1 Å². The van der Waals surface area contributed by atoms with Crippen LogP contribution in [0.3, 0.4) is 0 Å². The van der Waals surface area contributed by atoms with Crippen molar-refractivity contribution in [1.82, 2.24) is 34.7 Å². The number of ether oxygens (including phenoxy) is 1. The van der Waals surface area contributed by atoms with Gasteiger partial charge < -0.3 is 25.4 Å². The summed E-state index contributed by atoms with van der Waals surface area (Å²) in [5.41, 5.74) is 2.91. The molecule has 5 heterocycles. The molecule has 172 valence electrons. The number of hydrogen-bond acceptors (Lipinski definition) is 10. The molecule has 5 rings (SSSR count). The van der Waals surface area contributed by atoms with Crippen molar-refractivity contribution < 1.29 is 20.1 Å². The smallest absolute Gasteiger partial charge is 0.182 e. The van der Waals surface area contributed by atoms with E-state index in [0.29, 0.717) is 40.7 Å². The molecule has 1 saturated heterocycles. The molecule has 12 nitrogen and oxygen atoms in total. The predicted octanol–water partition coefficient (Wildman–Crippen LogP) is 0.712. The van der Waals surface area contributed by atoms with Gasteiger partial charge >= 0.3 is 0 Å². The van der Waals surface area contributed by atoms with Crippen LogP contribution in [0.2, 0.25) is 0 Å². The lowest BCUT2D eigenvalue weighted by molar-refractivity contribution is -0.0511. The standard InChI is InChI=1S/C21H24N8O4/c1-2-6-23-18-15-20(29(10-24-15)21-17(32)16(31)13(9-30)33-21)27-19(26-18)14-11(8-25-28-14)12-5-3-4-7-22-12/h3-5,7-8,10,13,16-17,21,30-32H,2,6,9H2,1H3,(H,25,28)(H,23,26,27)/t13-,16-,17-,21-/m1/s1. The van der Waals surface area contributed by atoms with Gasteiger partial charge in [-0.2, -0.15) is 5.10 Å². The zero-order valence-corrected chi connectivity index (χ0v) is 17.8. The third-order valence-corrected chi connectivity index (χ3v) is 5.56. The second-order valence-corrected chi connectivity index (χ2v) is 7.75. The Bertz CT molecular complexity index is 1240. The van der Waals surface area contributed by atoms with Crippen LogP contribution in [0, 0.1) is 0 Å². The molecule has 0 unspecified atom stereocenters. The summed E-state index contributed by atoms with van der Waals surface area (Å²) >= 11 is 0. The van der Waals surface area contributed by atoms with Crippen LogP contribution in [0.5, 0.6) is 0 Å². The number of nitrogens with one attached hydrogen (secondary N) is 2. The first-order chi connectivity index (χ1) is 16.1. The number of aromatic nitrogens is 7. The predicted molar refractivity (Wildman–Crippen MR) is 118 cm³/mol. The van der Waals surface area contributed by atoms with Gasteiger partial charge in [-0.1, -0.05) is 13.0 Å². The van der Waals surface area contributed by atoms with Crippen molar-refractivity contribution in [2.75, 3.05) is 18.5 Å². The fourth-order valence-corrected chi connectivity index (χ4v) is 3.86. The number of aliphatic hydroxyl groups is 3. The van der Waals surface area contributed by atoms with Crippen molar-refractivity contribution in [1.29, 1.82) is 0 Å². The Morgan fingerprint density at radius 2 is 2.06 bits per heavy atom. The zero-order valence-electron chi connectivity index (χ0n) is 17.8. The first kappa shape index (κ1) is 21.4. The number of imidazole rings is 1. The van der Waals surface area contributed by atoms with E-state index in [2.05, 4.69) is 30.5 Å². The molecule has 0 aromatic carbocycles. The van der Waals surface area contributed by atoms with Crippen molar-refractivity contribution in [2.24, 2.45) is 0 Å². The number of rotatable bonds is 7. The Balaban J connectivity index is 1.64. The molecular weight excluding hydrogens is 428 g/mol. The molecule has 0 aliphatic carbocycles. The van der Waals surface area contributed by atoms with Crippen molar-refractivity contribution in [3.8, 4) is 22.8 Å². The monoisotopic (exact) mass is 452 g/mol. The lowest BCUT2D eigenvalue weighted by Gasteiger charge is -2.17. The summed E-state index contributed by atoms with van der Waals surface area (Å²) in [4.78, 5) is 18.2. The molecule has 4 aromatic heterocycles. The van der Waals surface area contributed by atoms with E-state index < -0.39 is 31.1 Å². The molecule has 0 radical (unpaired) electrons. The van der Waals surface area contributed by atoms with Gasteiger partial charge in [0.25, 0.3) is 0 Å². The number of anilines is 1. The number of hydrogen-bond donors (Lipinski definition) is 5. The van der Waals surface area contributed by atoms with Crippen LogP contribution < -0.4 is 5.32 Å². The number of nitrogens with zero attached hydrogens (tertiary/aromatic N) is 6. The third-order valence-electron chi connectivity index (χ3n) is 5.56. The van der Waals surface area contributed by atoms with E-state index in [1.54, 1.807) is 12.4 Å². The zero-order chi connectivity index (χ0) is 22.9. The maximum absolute atomic E-state index is 10.5. The summed E-state index contributed by atoms with van der Waals surface area (Å²) in [5.74, 6) is 0.872. The highest BCUT2D eigenvalue weighted by Gasteiger charge is 2.44. The number of aliphatic hydroxyl groups excluding tert-OH is 3. The van der Waals surface area contributed by atoms with Gasteiger partial charge in [-0.05, 0) is 18.6 Å². The van der Waals surface area contributed by atoms with Gasteiger partial charge in [0, 0.05) is 18.3 Å². The van der Waals surface area contributed by atoms with Gasteiger partial charge in [0.1, 0.15) is 24.0 Å². The summed E-state index contributed by atoms with van der Waals surface area (Å²) < 4.78 is 7.23. The van der Waals surface area contributed by atoms with Crippen LogP contribution in [0.4, 0.5) is 5.82 Å². The average molecular weight is 452 g/mol. The molecule has 1 aliphatic rings. The highest BCUT2D eigenvalue weighted by molar-refractivity contribution is 5.86. The summed E-state index contributed by atoms with van der Waals surface area (Å²) in [6.07, 6.45) is 1.33. The van der Waals surface area contributed by atoms with Crippen LogP contribution in [0.1, 0.15) is 19.6 Å². The second kappa shape index (κ2) is 8.83. The second-order valence-electron chi connectivity index (χ2n) is 7.75. The third kappa shape index (κ3) is 3.72. The Kier molecular flexibility index (Phi) is 5.72. The molecule has 0 amide bonds. The SMILES string of the molecule is CCCNc1nc(-c2[nH]ncc2-c2ccccn2)nc2c1ncn2[C@@H]1O[C@H](CO)[C@@H](O)[C@H]1O. The number of fused-ring (bicyclic) bond motifs is 1. The van der Waals surface area contributed by atoms with Crippen LogP contribution in [0.25, 0.3) is 33.9 Å². The summed E-state index contributed by atoms with van der Waals surface area (Å²) in [7, 11) is 0. The molecular formula is C21H24N8O4. The molecule has 5 N–H and O–H groups in total. The minimum atomic E-state index is -1.26. The molecule has 33 heavy (non-hydrogen) atoms. The summed E-state index contributed by atoms with van der Waals surface area (Å²) in [5, 5.41) is 40.6.